The van der Waals surface area contributed by atoms with Crippen molar-refractivity contribution in [3.8, 4) is 16.6 Å². The first-order valence-corrected chi connectivity index (χ1v) is 9.03. The first kappa shape index (κ1) is 17.2. The number of hydrogen-bond acceptors (Lipinski definition) is 4. The molecule has 0 spiro atoms. The Kier molecular flexibility index (Phi) is 4.60. The summed E-state index contributed by atoms with van der Waals surface area (Å²) in [5.41, 5.74) is 3.01. The van der Waals surface area contributed by atoms with Crippen LogP contribution in [-0.4, -0.2) is 20.6 Å². The number of rotatable bonds is 5. The summed E-state index contributed by atoms with van der Waals surface area (Å²) in [4.78, 5) is 15.9. The Morgan fingerprint density at radius 3 is 2.84 bits per heavy atom. The van der Waals surface area contributed by atoms with Crippen LogP contribution < -0.4 is 0 Å². The van der Waals surface area contributed by atoms with Crippen molar-refractivity contribution in [1.82, 2.24) is 9.55 Å². The predicted octanol–water partition coefficient (Wildman–Crippen LogP) is 5.00. The number of carboxylic acids is 1. The number of aryl methyl sites for hydroxylation is 1. The largest absolute Gasteiger partial charge is 0.477 e. The van der Waals surface area contributed by atoms with E-state index in [0.717, 1.165) is 40.6 Å². The molecule has 0 saturated heterocycles. The van der Waals surface area contributed by atoms with E-state index in [-0.39, 0.29) is 4.88 Å². The summed E-state index contributed by atoms with van der Waals surface area (Å²) in [5.74, 6) is -0.959. The Morgan fingerprint density at radius 1 is 1.48 bits per heavy atom. The second-order valence-corrected chi connectivity index (χ2v) is 7.17. The Balaban J connectivity index is 2.13. The van der Waals surface area contributed by atoms with E-state index < -0.39 is 5.97 Å². The first-order chi connectivity index (χ1) is 12.0. The lowest BCUT2D eigenvalue weighted by Gasteiger charge is -2.14. The smallest absolute Gasteiger partial charge is 0.347 e. The van der Waals surface area contributed by atoms with Gasteiger partial charge in [0.2, 0.25) is 0 Å². The minimum atomic E-state index is -0.959. The number of benzene rings is 1. The number of nitrogens with zero attached hydrogens (tertiary/aromatic N) is 3. The molecule has 1 aromatic carbocycles. The summed E-state index contributed by atoms with van der Waals surface area (Å²) < 4.78 is 2.15. The van der Waals surface area contributed by atoms with Gasteiger partial charge < -0.3 is 9.67 Å². The van der Waals surface area contributed by atoms with Crippen LogP contribution in [0.2, 0.25) is 0 Å². The van der Waals surface area contributed by atoms with Gasteiger partial charge in [0, 0.05) is 28.7 Å². The van der Waals surface area contributed by atoms with E-state index in [1.807, 2.05) is 24.4 Å². The molecule has 25 heavy (non-hydrogen) atoms. The Morgan fingerprint density at radius 2 is 2.24 bits per heavy atom. The van der Waals surface area contributed by atoms with Crippen LogP contribution in [0.5, 0.6) is 0 Å². The van der Waals surface area contributed by atoms with E-state index in [1.54, 1.807) is 6.92 Å². The molecule has 0 aliphatic carbocycles. The van der Waals surface area contributed by atoms with Gasteiger partial charge in [-0.25, -0.2) is 9.78 Å². The van der Waals surface area contributed by atoms with Crippen LogP contribution in [0.4, 0.5) is 0 Å². The summed E-state index contributed by atoms with van der Waals surface area (Å²) >= 11 is 1.16. The second kappa shape index (κ2) is 6.69. The third-order valence-electron chi connectivity index (χ3n) is 4.37. The fourth-order valence-corrected chi connectivity index (χ4v) is 4.02. The molecule has 3 aromatic rings. The molecule has 0 bridgehead atoms. The van der Waals surface area contributed by atoms with Crippen LogP contribution >= 0.6 is 11.3 Å². The lowest BCUT2D eigenvalue weighted by atomic mass is 10.1. The quantitative estimate of drug-likeness (QED) is 0.699. The van der Waals surface area contributed by atoms with Gasteiger partial charge in [-0.2, -0.15) is 5.26 Å². The SMILES string of the molecule is CCCC(C)n1cc(C#N)c2cc(-c3nc(C)c(C(=O)O)s3)ccc21. The average Bonchev–Trinajstić information content (AvgIpc) is 3.15. The molecule has 2 heterocycles. The fourth-order valence-electron chi connectivity index (χ4n) is 3.12. The molecule has 0 radical (unpaired) electrons. The molecule has 0 fully saturated rings. The summed E-state index contributed by atoms with van der Waals surface area (Å²) in [5, 5.41) is 20.3. The van der Waals surface area contributed by atoms with Gasteiger partial charge in [-0.3, -0.25) is 0 Å². The van der Waals surface area contributed by atoms with E-state index in [9.17, 15) is 15.2 Å². The van der Waals surface area contributed by atoms with Crippen molar-refractivity contribution in [1.29, 1.82) is 5.26 Å². The lowest BCUT2D eigenvalue weighted by Crippen LogP contribution is -2.02. The van der Waals surface area contributed by atoms with E-state index >= 15 is 0 Å². The second-order valence-electron chi connectivity index (χ2n) is 6.17. The zero-order valence-electron chi connectivity index (χ0n) is 14.4. The monoisotopic (exact) mass is 353 g/mol. The van der Waals surface area contributed by atoms with Gasteiger partial charge in [0.15, 0.2) is 0 Å². The number of aromatic nitrogens is 2. The highest BCUT2D eigenvalue weighted by Crippen LogP contribution is 2.33. The summed E-state index contributed by atoms with van der Waals surface area (Å²) in [7, 11) is 0. The Hall–Kier alpha value is -2.65. The van der Waals surface area contributed by atoms with E-state index in [0.29, 0.717) is 22.3 Å². The Labute approximate surface area is 150 Å². The topological polar surface area (TPSA) is 78.9 Å². The normalized spacial score (nSPS) is 12.2. The summed E-state index contributed by atoms with van der Waals surface area (Å²) in [6, 6.07) is 8.47. The zero-order chi connectivity index (χ0) is 18.1. The predicted molar refractivity (Wildman–Crippen MR) is 99.1 cm³/mol. The van der Waals surface area contributed by atoms with Crippen LogP contribution in [0.25, 0.3) is 21.5 Å². The molecule has 128 valence electrons. The van der Waals surface area contributed by atoms with Crippen molar-refractivity contribution < 1.29 is 9.90 Å². The van der Waals surface area contributed by atoms with E-state index in [4.69, 9.17) is 0 Å². The number of nitriles is 1. The molecular formula is C19H19N3O2S. The maximum Gasteiger partial charge on any atom is 0.347 e. The number of carboxylic acid groups (broad SMARTS) is 1. The third kappa shape index (κ3) is 3.03. The number of aromatic carboxylic acids is 1. The summed E-state index contributed by atoms with van der Waals surface area (Å²) in [6.45, 7) is 6.00. The van der Waals surface area contributed by atoms with Gasteiger partial charge >= 0.3 is 5.97 Å². The molecule has 0 aliphatic rings. The lowest BCUT2D eigenvalue weighted by molar-refractivity contribution is 0.0701. The highest BCUT2D eigenvalue weighted by Gasteiger charge is 2.17. The van der Waals surface area contributed by atoms with Crippen molar-refractivity contribution in [3.05, 3.63) is 40.5 Å². The van der Waals surface area contributed by atoms with Gasteiger partial charge in [0.05, 0.1) is 11.3 Å². The van der Waals surface area contributed by atoms with Crippen molar-refractivity contribution in [3.63, 3.8) is 0 Å². The molecule has 0 aliphatic heterocycles. The third-order valence-corrected chi connectivity index (χ3v) is 5.57. The molecule has 2 aromatic heterocycles. The van der Waals surface area contributed by atoms with E-state index in [2.05, 4.69) is 29.5 Å². The van der Waals surface area contributed by atoms with Crippen molar-refractivity contribution in [2.75, 3.05) is 0 Å². The Bertz CT molecular complexity index is 994. The standard InChI is InChI=1S/C19H19N3O2S/c1-4-5-11(2)22-10-14(9-20)15-8-13(6-7-16(15)22)18-21-12(3)17(25-18)19(23)24/h6-8,10-11H,4-5H2,1-3H3,(H,23,24). The molecule has 1 atom stereocenters. The molecule has 0 saturated carbocycles. The molecular weight excluding hydrogens is 334 g/mol. The van der Waals surface area contributed by atoms with Crippen LogP contribution in [0.1, 0.15) is 53.7 Å². The summed E-state index contributed by atoms with van der Waals surface area (Å²) in [6.07, 6.45) is 4.03. The van der Waals surface area contributed by atoms with Crippen LogP contribution in [0.15, 0.2) is 24.4 Å². The van der Waals surface area contributed by atoms with E-state index in [1.165, 1.54) is 0 Å². The van der Waals surface area contributed by atoms with Crippen LogP contribution in [0, 0.1) is 18.3 Å². The highest BCUT2D eigenvalue weighted by atomic mass is 32.1. The molecule has 1 N–H and O–H groups in total. The molecule has 3 rings (SSSR count). The molecule has 0 amide bonds. The van der Waals surface area contributed by atoms with Crippen molar-refractivity contribution in [2.45, 2.75) is 39.7 Å². The maximum atomic E-state index is 11.2. The first-order valence-electron chi connectivity index (χ1n) is 8.22. The van der Waals surface area contributed by atoms with Crippen molar-refractivity contribution >= 4 is 28.2 Å². The molecule has 1 unspecified atom stereocenters. The number of hydrogen-bond donors (Lipinski definition) is 1. The van der Waals surface area contributed by atoms with Crippen LogP contribution in [-0.2, 0) is 0 Å². The minimum Gasteiger partial charge on any atom is -0.477 e. The van der Waals surface area contributed by atoms with Crippen LogP contribution in [0.3, 0.4) is 0 Å². The minimum absolute atomic E-state index is 0.254. The average molecular weight is 353 g/mol. The maximum absolute atomic E-state index is 11.2. The van der Waals surface area contributed by atoms with Gasteiger partial charge in [-0.15, -0.1) is 11.3 Å². The van der Waals surface area contributed by atoms with Crippen molar-refractivity contribution in [2.24, 2.45) is 0 Å². The number of fused-ring (bicyclic) bond motifs is 1. The number of carbonyl (C=O) groups is 1. The highest BCUT2D eigenvalue weighted by molar-refractivity contribution is 7.17. The van der Waals surface area contributed by atoms with Gasteiger partial charge in [-0.05, 0) is 38.5 Å². The van der Waals surface area contributed by atoms with Gasteiger partial charge in [0.25, 0.3) is 0 Å². The van der Waals surface area contributed by atoms with Gasteiger partial charge in [-0.1, -0.05) is 13.3 Å². The zero-order valence-corrected chi connectivity index (χ0v) is 15.2. The van der Waals surface area contributed by atoms with Gasteiger partial charge in [0.1, 0.15) is 16.0 Å². The molecule has 5 nitrogen and oxygen atoms in total. The fraction of sp³-hybridized carbons (Fsp3) is 0.316. The molecule has 6 heteroatoms. The number of thiazole rings is 1.